The number of hydrogen-bond donors (Lipinski definition) is 1. The zero-order valence-electron chi connectivity index (χ0n) is 8.33. The fourth-order valence-electron chi connectivity index (χ4n) is 1.80. The van der Waals surface area contributed by atoms with Crippen molar-refractivity contribution in [3.8, 4) is 0 Å². The minimum absolute atomic E-state index is 0.517. The Kier molecular flexibility index (Phi) is 2.92. The van der Waals surface area contributed by atoms with E-state index in [1.165, 1.54) is 19.3 Å². The van der Waals surface area contributed by atoms with Gasteiger partial charge in [0.05, 0.1) is 10.7 Å². The van der Waals surface area contributed by atoms with Gasteiger partial charge in [0.25, 0.3) is 0 Å². The molecule has 0 radical (unpaired) electrons. The van der Waals surface area contributed by atoms with E-state index in [4.69, 9.17) is 11.6 Å². The Labute approximate surface area is 89.7 Å². The third-order valence-electron chi connectivity index (χ3n) is 3.01. The molecule has 1 fully saturated rings. The van der Waals surface area contributed by atoms with Crippen molar-refractivity contribution >= 4 is 17.3 Å². The van der Waals surface area contributed by atoms with E-state index in [9.17, 15) is 0 Å². The first kappa shape index (κ1) is 9.78. The molecule has 1 aromatic rings. The molecule has 0 aromatic carbocycles. The van der Waals surface area contributed by atoms with Gasteiger partial charge in [-0.2, -0.15) is 0 Å². The molecule has 1 N–H and O–H groups in total. The largest absolute Gasteiger partial charge is 0.381 e. The van der Waals surface area contributed by atoms with E-state index in [-0.39, 0.29) is 0 Å². The molecule has 14 heavy (non-hydrogen) atoms. The summed E-state index contributed by atoms with van der Waals surface area (Å²) in [6, 6.07) is 2.45. The van der Waals surface area contributed by atoms with Crippen molar-refractivity contribution in [1.29, 1.82) is 0 Å². The molecule has 0 aliphatic heterocycles. The first-order valence-corrected chi connectivity index (χ1v) is 5.51. The van der Waals surface area contributed by atoms with E-state index in [1.807, 2.05) is 6.07 Å². The lowest BCUT2D eigenvalue weighted by atomic mass is 9.80. The second-order valence-corrected chi connectivity index (χ2v) is 4.39. The normalized spacial score (nSPS) is 18.7. The van der Waals surface area contributed by atoms with E-state index >= 15 is 0 Å². The van der Waals surface area contributed by atoms with Gasteiger partial charge in [0.15, 0.2) is 0 Å². The number of nitrogens with one attached hydrogen (secondary N) is 1. The SMILES string of the molecule is CC(Nc1ccncc1Cl)C1CCC1. The van der Waals surface area contributed by atoms with Crippen LogP contribution < -0.4 is 5.32 Å². The highest BCUT2D eigenvalue weighted by Gasteiger charge is 2.23. The lowest BCUT2D eigenvalue weighted by Gasteiger charge is -2.32. The van der Waals surface area contributed by atoms with E-state index in [1.54, 1.807) is 12.4 Å². The van der Waals surface area contributed by atoms with Gasteiger partial charge in [-0.1, -0.05) is 18.0 Å². The van der Waals surface area contributed by atoms with Crippen LogP contribution in [0.3, 0.4) is 0 Å². The zero-order chi connectivity index (χ0) is 9.97. The minimum atomic E-state index is 0.517. The standard InChI is InChI=1S/C11H15ClN2/c1-8(9-3-2-4-9)14-11-5-6-13-7-10(11)12/h5-9H,2-4H2,1H3,(H,13,14). The summed E-state index contributed by atoms with van der Waals surface area (Å²) in [7, 11) is 0. The van der Waals surface area contributed by atoms with Crippen molar-refractivity contribution in [3.63, 3.8) is 0 Å². The molecule has 0 spiro atoms. The summed E-state index contributed by atoms with van der Waals surface area (Å²) in [5, 5.41) is 4.15. The van der Waals surface area contributed by atoms with Crippen LogP contribution in [0.2, 0.25) is 5.02 Å². The maximum absolute atomic E-state index is 6.01. The van der Waals surface area contributed by atoms with Crippen LogP contribution >= 0.6 is 11.6 Å². The predicted molar refractivity (Wildman–Crippen MR) is 59.7 cm³/mol. The molecule has 1 aliphatic rings. The van der Waals surface area contributed by atoms with Crippen molar-refractivity contribution in [2.75, 3.05) is 5.32 Å². The molecule has 0 bridgehead atoms. The van der Waals surface area contributed by atoms with Gasteiger partial charge in [-0.25, -0.2) is 0 Å². The van der Waals surface area contributed by atoms with Gasteiger partial charge in [-0.3, -0.25) is 4.98 Å². The van der Waals surface area contributed by atoms with Crippen LogP contribution in [0.25, 0.3) is 0 Å². The molecule has 1 saturated carbocycles. The summed E-state index contributed by atoms with van der Waals surface area (Å²) in [5.41, 5.74) is 1.00. The average molecular weight is 211 g/mol. The Morgan fingerprint density at radius 1 is 1.57 bits per heavy atom. The van der Waals surface area contributed by atoms with E-state index in [2.05, 4.69) is 17.2 Å². The number of anilines is 1. The molecule has 2 nitrogen and oxygen atoms in total. The Balaban J connectivity index is 1.99. The topological polar surface area (TPSA) is 24.9 Å². The molecule has 0 amide bonds. The van der Waals surface area contributed by atoms with Crippen LogP contribution in [-0.2, 0) is 0 Å². The van der Waals surface area contributed by atoms with Crippen LogP contribution in [-0.4, -0.2) is 11.0 Å². The fraction of sp³-hybridized carbons (Fsp3) is 0.545. The van der Waals surface area contributed by atoms with Gasteiger partial charge in [-0.05, 0) is 31.7 Å². The summed E-state index contributed by atoms with van der Waals surface area (Å²) in [6.07, 6.45) is 7.51. The summed E-state index contributed by atoms with van der Waals surface area (Å²) < 4.78 is 0. The second-order valence-electron chi connectivity index (χ2n) is 3.98. The molecule has 1 aromatic heterocycles. The van der Waals surface area contributed by atoms with Gasteiger partial charge in [0, 0.05) is 18.4 Å². The zero-order valence-corrected chi connectivity index (χ0v) is 9.09. The van der Waals surface area contributed by atoms with Crippen LogP contribution in [0, 0.1) is 5.92 Å². The molecule has 1 unspecified atom stereocenters. The summed E-state index contributed by atoms with van der Waals surface area (Å²) in [6.45, 7) is 2.22. The maximum Gasteiger partial charge on any atom is 0.0820 e. The highest BCUT2D eigenvalue weighted by atomic mass is 35.5. The minimum Gasteiger partial charge on any atom is -0.381 e. The predicted octanol–water partition coefficient (Wildman–Crippen LogP) is 3.34. The molecule has 2 rings (SSSR count). The van der Waals surface area contributed by atoms with Gasteiger partial charge in [0.1, 0.15) is 0 Å². The molecule has 1 aliphatic carbocycles. The van der Waals surface area contributed by atoms with Crippen LogP contribution in [0.15, 0.2) is 18.5 Å². The number of nitrogens with zero attached hydrogens (tertiary/aromatic N) is 1. The lowest BCUT2D eigenvalue weighted by Crippen LogP contribution is -2.30. The van der Waals surface area contributed by atoms with Crippen molar-refractivity contribution in [2.45, 2.75) is 32.2 Å². The number of hydrogen-bond acceptors (Lipinski definition) is 2. The van der Waals surface area contributed by atoms with Gasteiger partial charge >= 0.3 is 0 Å². The van der Waals surface area contributed by atoms with Gasteiger partial charge in [-0.15, -0.1) is 0 Å². The molecule has 1 heterocycles. The molecule has 0 saturated heterocycles. The third kappa shape index (κ3) is 2.01. The highest BCUT2D eigenvalue weighted by molar-refractivity contribution is 6.33. The van der Waals surface area contributed by atoms with Gasteiger partial charge in [0.2, 0.25) is 0 Å². The summed E-state index contributed by atoms with van der Waals surface area (Å²) in [5.74, 6) is 0.819. The number of rotatable bonds is 3. The van der Waals surface area contributed by atoms with Crippen molar-refractivity contribution in [1.82, 2.24) is 4.98 Å². The second kappa shape index (κ2) is 4.18. The Hall–Kier alpha value is -0.760. The summed E-state index contributed by atoms with van der Waals surface area (Å²) in [4.78, 5) is 3.96. The monoisotopic (exact) mass is 210 g/mol. The first-order chi connectivity index (χ1) is 6.77. The number of halogens is 1. The number of pyridine rings is 1. The molecule has 3 heteroatoms. The molecular formula is C11H15ClN2. The molecular weight excluding hydrogens is 196 g/mol. The maximum atomic E-state index is 6.01. The van der Waals surface area contributed by atoms with Crippen molar-refractivity contribution in [3.05, 3.63) is 23.5 Å². The fourth-order valence-corrected chi connectivity index (χ4v) is 1.97. The Bertz CT molecular complexity index is 310. The third-order valence-corrected chi connectivity index (χ3v) is 3.31. The van der Waals surface area contributed by atoms with Crippen LogP contribution in [0.4, 0.5) is 5.69 Å². The van der Waals surface area contributed by atoms with E-state index in [0.29, 0.717) is 11.1 Å². The number of aromatic nitrogens is 1. The smallest absolute Gasteiger partial charge is 0.0820 e. The van der Waals surface area contributed by atoms with Crippen LogP contribution in [0.5, 0.6) is 0 Å². The van der Waals surface area contributed by atoms with E-state index < -0.39 is 0 Å². The van der Waals surface area contributed by atoms with Crippen molar-refractivity contribution in [2.24, 2.45) is 5.92 Å². The van der Waals surface area contributed by atoms with Crippen molar-refractivity contribution < 1.29 is 0 Å². The molecule has 76 valence electrons. The highest BCUT2D eigenvalue weighted by Crippen LogP contribution is 2.32. The Morgan fingerprint density at radius 3 is 2.93 bits per heavy atom. The van der Waals surface area contributed by atoms with Gasteiger partial charge < -0.3 is 5.32 Å². The average Bonchev–Trinajstić information content (AvgIpc) is 2.05. The lowest BCUT2D eigenvalue weighted by molar-refractivity contribution is 0.285. The first-order valence-electron chi connectivity index (χ1n) is 5.13. The summed E-state index contributed by atoms with van der Waals surface area (Å²) >= 11 is 6.01. The van der Waals surface area contributed by atoms with E-state index in [0.717, 1.165) is 11.6 Å². The van der Waals surface area contributed by atoms with Crippen LogP contribution in [0.1, 0.15) is 26.2 Å². The Morgan fingerprint density at radius 2 is 2.36 bits per heavy atom. The molecule has 1 atom stereocenters. The quantitative estimate of drug-likeness (QED) is 0.828.